The Morgan fingerprint density at radius 3 is 3.00 bits per heavy atom. The fourth-order valence-electron chi connectivity index (χ4n) is 2.83. The van der Waals surface area contributed by atoms with Gasteiger partial charge in [-0.3, -0.25) is 0 Å². The molecule has 0 radical (unpaired) electrons. The normalized spacial score (nSPS) is 19.4. The second-order valence-electron chi connectivity index (χ2n) is 5.48. The van der Waals surface area contributed by atoms with Gasteiger partial charge in [-0.05, 0) is 49.9 Å². The van der Waals surface area contributed by atoms with Crippen molar-refractivity contribution < 1.29 is 9.13 Å². The van der Waals surface area contributed by atoms with Crippen LogP contribution in [0.4, 0.5) is 10.1 Å². The second kappa shape index (κ2) is 7.60. The Morgan fingerprint density at radius 1 is 1.40 bits per heavy atom. The van der Waals surface area contributed by atoms with Crippen LogP contribution in [0.25, 0.3) is 0 Å². The van der Waals surface area contributed by atoms with Gasteiger partial charge < -0.3 is 15.0 Å². The van der Waals surface area contributed by atoms with E-state index >= 15 is 0 Å². The number of benzene rings is 1. The van der Waals surface area contributed by atoms with Crippen molar-refractivity contribution in [3.8, 4) is 0 Å². The molecule has 0 bridgehead atoms. The monoisotopic (exact) mass is 280 g/mol. The Bertz CT molecular complexity index is 425. The Balaban J connectivity index is 2.10. The van der Waals surface area contributed by atoms with Crippen molar-refractivity contribution >= 4 is 5.69 Å². The van der Waals surface area contributed by atoms with Crippen molar-refractivity contribution in [3.05, 3.63) is 29.6 Å². The van der Waals surface area contributed by atoms with Gasteiger partial charge in [0.1, 0.15) is 5.82 Å². The zero-order valence-electron chi connectivity index (χ0n) is 12.5. The van der Waals surface area contributed by atoms with Gasteiger partial charge >= 0.3 is 0 Å². The zero-order chi connectivity index (χ0) is 14.4. The average molecular weight is 280 g/mol. The van der Waals surface area contributed by atoms with Gasteiger partial charge in [0.15, 0.2) is 0 Å². The van der Waals surface area contributed by atoms with E-state index in [0.717, 1.165) is 18.7 Å². The Morgan fingerprint density at radius 2 is 2.25 bits per heavy atom. The highest BCUT2D eigenvalue weighted by atomic mass is 19.1. The molecule has 1 unspecified atom stereocenters. The smallest absolute Gasteiger partial charge is 0.123 e. The van der Waals surface area contributed by atoms with Crippen LogP contribution < -0.4 is 10.2 Å². The highest BCUT2D eigenvalue weighted by molar-refractivity contribution is 5.55. The highest BCUT2D eigenvalue weighted by Gasteiger charge is 2.20. The van der Waals surface area contributed by atoms with Gasteiger partial charge in [-0.25, -0.2) is 4.39 Å². The van der Waals surface area contributed by atoms with Gasteiger partial charge in [-0.15, -0.1) is 0 Å². The number of piperidine rings is 1. The largest absolute Gasteiger partial charge is 0.383 e. The third-order valence-corrected chi connectivity index (χ3v) is 3.95. The maximum absolute atomic E-state index is 13.5. The molecule has 1 saturated heterocycles. The lowest BCUT2D eigenvalue weighted by Crippen LogP contribution is -2.38. The SMILES string of the molecule is COCCNCc1cc(F)ccc1N1CCCCC1C. The van der Waals surface area contributed by atoms with Crippen LogP contribution >= 0.6 is 0 Å². The van der Waals surface area contributed by atoms with Gasteiger partial charge in [0.2, 0.25) is 0 Å². The summed E-state index contributed by atoms with van der Waals surface area (Å²) < 4.78 is 18.5. The minimum absolute atomic E-state index is 0.165. The molecule has 2 rings (SSSR count). The van der Waals surface area contributed by atoms with E-state index in [-0.39, 0.29) is 5.82 Å². The molecule has 0 aromatic heterocycles. The fraction of sp³-hybridized carbons (Fsp3) is 0.625. The molecule has 1 aliphatic rings. The molecule has 1 aromatic carbocycles. The lowest BCUT2D eigenvalue weighted by Gasteiger charge is -2.36. The van der Waals surface area contributed by atoms with Crippen LogP contribution in [-0.4, -0.2) is 32.8 Å². The molecule has 4 heteroatoms. The van der Waals surface area contributed by atoms with E-state index in [1.165, 1.54) is 24.9 Å². The number of hydrogen-bond donors (Lipinski definition) is 1. The summed E-state index contributed by atoms with van der Waals surface area (Å²) in [6.07, 6.45) is 3.73. The van der Waals surface area contributed by atoms with E-state index in [2.05, 4.69) is 17.1 Å². The summed E-state index contributed by atoms with van der Waals surface area (Å²) in [5, 5.41) is 3.31. The summed E-state index contributed by atoms with van der Waals surface area (Å²) in [6, 6.07) is 5.67. The summed E-state index contributed by atoms with van der Waals surface area (Å²) in [7, 11) is 1.69. The molecule has 112 valence electrons. The van der Waals surface area contributed by atoms with Crippen molar-refractivity contribution in [1.29, 1.82) is 0 Å². The fourth-order valence-corrected chi connectivity index (χ4v) is 2.83. The van der Waals surface area contributed by atoms with E-state index in [9.17, 15) is 4.39 Å². The predicted molar refractivity (Wildman–Crippen MR) is 80.6 cm³/mol. The van der Waals surface area contributed by atoms with Gasteiger partial charge in [0, 0.05) is 38.5 Å². The number of rotatable bonds is 6. The molecular weight excluding hydrogens is 255 g/mol. The molecule has 0 aliphatic carbocycles. The first kappa shape index (κ1) is 15.3. The minimum Gasteiger partial charge on any atom is -0.383 e. The molecular formula is C16H25FN2O. The number of ether oxygens (including phenoxy) is 1. The number of halogens is 1. The van der Waals surface area contributed by atoms with E-state index in [1.54, 1.807) is 19.2 Å². The summed E-state index contributed by atoms with van der Waals surface area (Å²) in [4.78, 5) is 2.41. The topological polar surface area (TPSA) is 24.5 Å². The lowest BCUT2D eigenvalue weighted by atomic mass is 10.0. The van der Waals surface area contributed by atoms with E-state index in [4.69, 9.17) is 4.74 Å². The van der Waals surface area contributed by atoms with E-state index < -0.39 is 0 Å². The highest BCUT2D eigenvalue weighted by Crippen LogP contribution is 2.28. The van der Waals surface area contributed by atoms with Crippen molar-refractivity contribution in [3.63, 3.8) is 0 Å². The lowest BCUT2D eigenvalue weighted by molar-refractivity contribution is 0.199. The quantitative estimate of drug-likeness (QED) is 0.811. The second-order valence-corrected chi connectivity index (χ2v) is 5.48. The summed E-state index contributed by atoms with van der Waals surface area (Å²) in [5.41, 5.74) is 2.21. The third-order valence-electron chi connectivity index (χ3n) is 3.95. The molecule has 0 saturated carbocycles. The van der Waals surface area contributed by atoms with Gasteiger partial charge in [-0.2, -0.15) is 0 Å². The zero-order valence-corrected chi connectivity index (χ0v) is 12.5. The first-order chi connectivity index (χ1) is 9.72. The number of methoxy groups -OCH3 is 1. The molecule has 20 heavy (non-hydrogen) atoms. The standard InChI is InChI=1S/C16H25FN2O/c1-13-5-3-4-9-19(13)16-7-6-15(17)11-14(16)12-18-8-10-20-2/h6-7,11,13,18H,3-5,8-10,12H2,1-2H3. The molecule has 1 N–H and O–H groups in total. The molecule has 0 spiro atoms. The first-order valence-electron chi connectivity index (χ1n) is 7.47. The van der Waals surface area contributed by atoms with Gasteiger partial charge in [0.25, 0.3) is 0 Å². The Hall–Kier alpha value is -1.13. The molecule has 1 aliphatic heterocycles. The average Bonchev–Trinajstić information content (AvgIpc) is 2.45. The van der Waals surface area contributed by atoms with Crippen LogP contribution in [0, 0.1) is 5.82 Å². The van der Waals surface area contributed by atoms with Crippen LogP contribution in [0.3, 0.4) is 0 Å². The molecule has 1 fully saturated rings. The van der Waals surface area contributed by atoms with Crippen LogP contribution in [0.15, 0.2) is 18.2 Å². The number of anilines is 1. The summed E-state index contributed by atoms with van der Waals surface area (Å²) >= 11 is 0. The number of nitrogens with zero attached hydrogens (tertiary/aromatic N) is 1. The maximum atomic E-state index is 13.5. The van der Waals surface area contributed by atoms with E-state index in [1.807, 2.05) is 6.07 Å². The molecule has 1 atom stereocenters. The molecule has 1 aromatic rings. The van der Waals surface area contributed by atoms with Crippen LogP contribution in [0.2, 0.25) is 0 Å². The van der Waals surface area contributed by atoms with Gasteiger partial charge in [-0.1, -0.05) is 0 Å². The van der Waals surface area contributed by atoms with Crippen LogP contribution in [-0.2, 0) is 11.3 Å². The Kier molecular flexibility index (Phi) is 5.80. The minimum atomic E-state index is -0.165. The maximum Gasteiger partial charge on any atom is 0.123 e. The van der Waals surface area contributed by atoms with Crippen LogP contribution in [0.1, 0.15) is 31.7 Å². The van der Waals surface area contributed by atoms with Crippen molar-refractivity contribution in [1.82, 2.24) is 5.32 Å². The number of nitrogens with one attached hydrogen (secondary N) is 1. The number of hydrogen-bond acceptors (Lipinski definition) is 3. The molecule has 3 nitrogen and oxygen atoms in total. The summed E-state index contributed by atoms with van der Waals surface area (Å²) in [5.74, 6) is -0.165. The molecule has 0 amide bonds. The third kappa shape index (κ3) is 3.93. The van der Waals surface area contributed by atoms with Gasteiger partial charge in [0.05, 0.1) is 6.61 Å². The summed E-state index contributed by atoms with van der Waals surface area (Å²) in [6.45, 7) is 5.45. The predicted octanol–water partition coefficient (Wildman–Crippen LogP) is 2.94. The van der Waals surface area contributed by atoms with Crippen molar-refractivity contribution in [2.45, 2.75) is 38.8 Å². The van der Waals surface area contributed by atoms with Crippen molar-refractivity contribution in [2.75, 3.05) is 31.7 Å². The van der Waals surface area contributed by atoms with E-state index in [0.29, 0.717) is 19.2 Å². The van der Waals surface area contributed by atoms with Crippen molar-refractivity contribution in [2.24, 2.45) is 0 Å². The molecule has 1 heterocycles. The Labute approximate surface area is 121 Å². The van der Waals surface area contributed by atoms with Crippen LogP contribution in [0.5, 0.6) is 0 Å². The first-order valence-corrected chi connectivity index (χ1v) is 7.47.